The van der Waals surface area contributed by atoms with E-state index in [4.69, 9.17) is 4.74 Å². The Morgan fingerprint density at radius 2 is 2.00 bits per heavy atom. The Balaban J connectivity index is 2.73. The number of rotatable bonds is 4. The molecule has 1 unspecified atom stereocenters. The summed E-state index contributed by atoms with van der Waals surface area (Å²) < 4.78 is 18.6. The van der Waals surface area contributed by atoms with Crippen molar-refractivity contribution in [3.05, 3.63) is 35.1 Å². The van der Waals surface area contributed by atoms with Crippen LogP contribution in [0, 0.1) is 18.7 Å². The molecule has 1 atom stereocenters. The van der Waals surface area contributed by atoms with E-state index in [1.54, 1.807) is 6.07 Å². The Labute approximate surface area is 102 Å². The lowest BCUT2D eigenvalue weighted by molar-refractivity contribution is 0.0294. The first kappa shape index (κ1) is 13.7. The first-order chi connectivity index (χ1) is 7.90. The van der Waals surface area contributed by atoms with Crippen molar-refractivity contribution in [3.63, 3.8) is 0 Å². The number of ether oxygens (including phenoxy) is 1. The minimum atomic E-state index is -0.584. The van der Waals surface area contributed by atoms with Gasteiger partial charge in [0.25, 0.3) is 0 Å². The molecular weight excluding hydrogens is 219 g/mol. The number of aryl methyl sites for hydroxylation is 1. The molecular formula is C14H19FO2. The number of esters is 1. The summed E-state index contributed by atoms with van der Waals surface area (Å²) in [7, 11) is 0. The fourth-order valence-corrected chi connectivity index (χ4v) is 1.75. The van der Waals surface area contributed by atoms with Crippen molar-refractivity contribution >= 4 is 5.97 Å². The van der Waals surface area contributed by atoms with Crippen LogP contribution in [0.25, 0.3) is 0 Å². The van der Waals surface area contributed by atoms with Gasteiger partial charge in [0.05, 0.1) is 11.7 Å². The van der Waals surface area contributed by atoms with Gasteiger partial charge >= 0.3 is 5.97 Å². The number of halogens is 1. The van der Waals surface area contributed by atoms with E-state index in [0.29, 0.717) is 5.92 Å². The Bertz CT molecular complexity index is 399. The molecule has 0 bridgehead atoms. The molecule has 0 saturated carbocycles. The first-order valence-corrected chi connectivity index (χ1v) is 5.87. The number of carbonyl (C=O) groups is 1. The fraction of sp³-hybridized carbons (Fsp3) is 0.500. The van der Waals surface area contributed by atoms with Crippen molar-refractivity contribution in [1.82, 2.24) is 0 Å². The molecule has 3 heteroatoms. The van der Waals surface area contributed by atoms with Crippen LogP contribution in [-0.4, -0.2) is 12.1 Å². The molecule has 1 aromatic carbocycles. The summed E-state index contributed by atoms with van der Waals surface area (Å²) in [4.78, 5) is 11.7. The summed E-state index contributed by atoms with van der Waals surface area (Å²) in [6.45, 7) is 7.74. The standard InChI is InChI=1S/C14H19FO2/c1-9(2)7-11(4)17-14(16)12-8-10(3)5-6-13(12)15/h5-6,8-9,11H,7H2,1-4H3. The van der Waals surface area contributed by atoms with Crippen LogP contribution in [0.2, 0.25) is 0 Å². The summed E-state index contributed by atoms with van der Waals surface area (Å²) in [5.41, 5.74) is 0.857. The van der Waals surface area contributed by atoms with Gasteiger partial charge in [-0.15, -0.1) is 0 Å². The second kappa shape index (κ2) is 5.80. The normalized spacial score (nSPS) is 12.6. The lowest BCUT2D eigenvalue weighted by Gasteiger charge is -2.15. The van der Waals surface area contributed by atoms with E-state index in [9.17, 15) is 9.18 Å². The number of hydrogen-bond acceptors (Lipinski definition) is 2. The lowest BCUT2D eigenvalue weighted by atomic mass is 10.1. The summed E-state index contributed by atoms with van der Waals surface area (Å²) in [5, 5.41) is 0. The van der Waals surface area contributed by atoms with Crippen LogP contribution < -0.4 is 0 Å². The molecule has 94 valence electrons. The van der Waals surface area contributed by atoms with Gasteiger partial charge in [0.15, 0.2) is 0 Å². The molecule has 0 aromatic heterocycles. The molecule has 1 rings (SSSR count). The Kier molecular flexibility index (Phi) is 4.67. The van der Waals surface area contributed by atoms with Crippen LogP contribution in [0.5, 0.6) is 0 Å². The number of benzene rings is 1. The molecule has 0 spiro atoms. The van der Waals surface area contributed by atoms with Gasteiger partial charge in [0.2, 0.25) is 0 Å². The highest BCUT2D eigenvalue weighted by molar-refractivity contribution is 5.90. The monoisotopic (exact) mass is 238 g/mol. The van der Waals surface area contributed by atoms with Gasteiger partial charge in [-0.25, -0.2) is 9.18 Å². The molecule has 0 saturated heterocycles. The summed E-state index contributed by atoms with van der Waals surface area (Å²) in [6, 6.07) is 4.43. The number of hydrogen-bond donors (Lipinski definition) is 0. The molecule has 0 aliphatic rings. The van der Waals surface area contributed by atoms with E-state index in [-0.39, 0.29) is 11.7 Å². The average molecular weight is 238 g/mol. The highest BCUT2D eigenvalue weighted by atomic mass is 19.1. The molecule has 2 nitrogen and oxygen atoms in total. The molecule has 0 heterocycles. The zero-order valence-electron chi connectivity index (χ0n) is 10.8. The summed E-state index contributed by atoms with van der Waals surface area (Å²) >= 11 is 0. The van der Waals surface area contributed by atoms with Gasteiger partial charge in [-0.05, 0) is 38.3 Å². The Morgan fingerprint density at radius 1 is 1.35 bits per heavy atom. The molecule has 17 heavy (non-hydrogen) atoms. The van der Waals surface area contributed by atoms with Crippen molar-refractivity contribution in [2.24, 2.45) is 5.92 Å². The van der Waals surface area contributed by atoms with E-state index in [1.807, 2.05) is 13.8 Å². The highest BCUT2D eigenvalue weighted by Gasteiger charge is 2.16. The van der Waals surface area contributed by atoms with Gasteiger partial charge in [0, 0.05) is 0 Å². The van der Waals surface area contributed by atoms with E-state index in [1.165, 1.54) is 12.1 Å². The SMILES string of the molecule is Cc1ccc(F)c(C(=O)OC(C)CC(C)C)c1. The topological polar surface area (TPSA) is 26.3 Å². The average Bonchev–Trinajstić information content (AvgIpc) is 2.20. The predicted octanol–water partition coefficient (Wildman–Crippen LogP) is 3.73. The zero-order chi connectivity index (χ0) is 13.0. The fourth-order valence-electron chi connectivity index (χ4n) is 1.75. The van der Waals surface area contributed by atoms with Gasteiger partial charge in [-0.2, -0.15) is 0 Å². The maximum Gasteiger partial charge on any atom is 0.341 e. The second-order valence-corrected chi connectivity index (χ2v) is 4.83. The molecule has 0 N–H and O–H groups in total. The zero-order valence-corrected chi connectivity index (χ0v) is 10.8. The number of carbonyl (C=O) groups excluding carboxylic acids is 1. The molecule has 0 radical (unpaired) electrons. The highest BCUT2D eigenvalue weighted by Crippen LogP contribution is 2.14. The smallest absolute Gasteiger partial charge is 0.341 e. The lowest BCUT2D eigenvalue weighted by Crippen LogP contribution is -2.18. The van der Waals surface area contributed by atoms with Gasteiger partial charge < -0.3 is 4.74 Å². The minimum Gasteiger partial charge on any atom is -0.459 e. The van der Waals surface area contributed by atoms with Crippen LogP contribution in [0.1, 0.15) is 43.1 Å². The third-order valence-corrected chi connectivity index (χ3v) is 2.45. The van der Waals surface area contributed by atoms with Gasteiger partial charge in [0.1, 0.15) is 5.82 Å². The van der Waals surface area contributed by atoms with Crippen LogP contribution in [0.4, 0.5) is 4.39 Å². The van der Waals surface area contributed by atoms with Gasteiger partial charge in [-0.1, -0.05) is 25.5 Å². The molecule has 1 aromatic rings. The quantitative estimate of drug-likeness (QED) is 0.747. The van der Waals surface area contributed by atoms with Gasteiger partial charge in [-0.3, -0.25) is 0 Å². The van der Waals surface area contributed by atoms with Crippen LogP contribution in [-0.2, 0) is 4.74 Å². The van der Waals surface area contributed by atoms with Crippen molar-refractivity contribution in [3.8, 4) is 0 Å². The van der Waals surface area contributed by atoms with Crippen molar-refractivity contribution in [1.29, 1.82) is 0 Å². The maximum atomic E-state index is 13.4. The summed E-state index contributed by atoms with van der Waals surface area (Å²) in [5.74, 6) is -0.670. The third-order valence-electron chi connectivity index (χ3n) is 2.45. The molecule has 0 fully saturated rings. The van der Waals surface area contributed by atoms with E-state index < -0.39 is 11.8 Å². The minimum absolute atomic E-state index is 0.0145. The first-order valence-electron chi connectivity index (χ1n) is 5.87. The molecule has 0 amide bonds. The maximum absolute atomic E-state index is 13.4. The Hall–Kier alpha value is -1.38. The van der Waals surface area contributed by atoms with E-state index >= 15 is 0 Å². The van der Waals surface area contributed by atoms with E-state index in [2.05, 4.69) is 13.8 Å². The molecule has 0 aliphatic heterocycles. The second-order valence-electron chi connectivity index (χ2n) is 4.83. The summed E-state index contributed by atoms with van der Waals surface area (Å²) in [6.07, 6.45) is 0.585. The van der Waals surface area contributed by atoms with Crippen molar-refractivity contribution < 1.29 is 13.9 Å². The van der Waals surface area contributed by atoms with Crippen molar-refractivity contribution in [2.75, 3.05) is 0 Å². The largest absolute Gasteiger partial charge is 0.459 e. The van der Waals surface area contributed by atoms with E-state index in [0.717, 1.165) is 12.0 Å². The van der Waals surface area contributed by atoms with Crippen LogP contribution >= 0.6 is 0 Å². The Morgan fingerprint density at radius 3 is 2.59 bits per heavy atom. The predicted molar refractivity (Wildman–Crippen MR) is 65.5 cm³/mol. The van der Waals surface area contributed by atoms with Crippen LogP contribution in [0.15, 0.2) is 18.2 Å². The third kappa shape index (κ3) is 4.17. The van der Waals surface area contributed by atoms with Crippen molar-refractivity contribution in [2.45, 2.75) is 40.2 Å². The molecule has 0 aliphatic carbocycles. The van der Waals surface area contributed by atoms with Crippen LogP contribution in [0.3, 0.4) is 0 Å².